The van der Waals surface area contributed by atoms with E-state index in [4.69, 9.17) is 18.9 Å². The van der Waals surface area contributed by atoms with Crippen LogP contribution >= 0.6 is 0 Å². The topological polar surface area (TPSA) is 103 Å². The SMILES string of the molecule is CCCN(CC1CC1)C(=O)COC(=O)CNC(=O)c1cc(OC)c(OC)c(OC)c1. The van der Waals surface area contributed by atoms with Crippen molar-refractivity contribution in [3.05, 3.63) is 17.7 Å². The van der Waals surface area contributed by atoms with Crippen LogP contribution in [0.15, 0.2) is 12.1 Å². The maximum atomic E-state index is 12.4. The van der Waals surface area contributed by atoms with E-state index in [-0.39, 0.29) is 24.6 Å². The first-order valence-electron chi connectivity index (χ1n) is 9.95. The van der Waals surface area contributed by atoms with Crippen molar-refractivity contribution in [1.29, 1.82) is 0 Å². The van der Waals surface area contributed by atoms with Crippen LogP contribution in [-0.2, 0) is 14.3 Å². The van der Waals surface area contributed by atoms with Crippen LogP contribution in [0.4, 0.5) is 0 Å². The van der Waals surface area contributed by atoms with Gasteiger partial charge < -0.3 is 29.2 Å². The van der Waals surface area contributed by atoms with Gasteiger partial charge in [-0.05, 0) is 37.3 Å². The summed E-state index contributed by atoms with van der Waals surface area (Å²) in [7, 11) is 4.35. The minimum absolute atomic E-state index is 0.215. The Hall–Kier alpha value is -2.97. The van der Waals surface area contributed by atoms with Crippen molar-refractivity contribution in [2.45, 2.75) is 26.2 Å². The highest BCUT2D eigenvalue weighted by Gasteiger charge is 2.26. The maximum absolute atomic E-state index is 12.4. The lowest BCUT2D eigenvalue weighted by atomic mass is 10.1. The molecule has 166 valence electrons. The van der Waals surface area contributed by atoms with Gasteiger partial charge in [0.1, 0.15) is 6.54 Å². The number of benzene rings is 1. The molecule has 2 rings (SSSR count). The Balaban J connectivity index is 1.86. The van der Waals surface area contributed by atoms with Crippen molar-refractivity contribution in [1.82, 2.24) is 10.2 Å². The second-order valence-corrected chi connectivity index (χ2v) is 7.04. The molecule has 1 aliphatic carbocycles. The predicted octanol–water partition coefficient (Wildman–Crippen LogP) is 1.63. The molecule has 1 aromatic carbocycles. The van der Waals surface area contributed by atoms with Gasteiger partial charge >= 0.3 is 5.97 Å². The first-order valence-corrected chi connectivity index (χ1v) is 9.95. The molecule has 0 radical (unpaired) electrons. The van der Waals surface area contributed by atoms with Gasteiger partial charge in [0.15, 0.2) is 18.1 Å². The quantitative estimate of drug-likeness (QED) is 0.511. The van der Waals surface area contributed by atoms with Crippen LogP contribution < -0.4 is 19.5 Å². The van der Waals surface area contributed by atoms with Crippen molar-refractivity contribution in [3.8, 4) is 17.2 Å². The van der Waals surface area contributed by atoms with Crippen LogP contribution in [0.1, 0.15) is 36.5 Å². The number of carbonyl (C=O) groups is 3. The van der Waals surface area contributed by atoms with E-state index in [2.05, 4.69) is 5.32 Å². The predicted molar refractivity (Wildman–Crippen MR) is 109 cm³/mol. The van der Waals surface area contributed by atoms with Gasteiger partial charge in [0.05, 0.1) is 21.3 Å². The molecular weight excluding hydrogens is 392 g/mol. The van der Waals surface area contributed by atoms with E-state index in [1.165, 1.54) is 33.5 Å². The molecule has 1 saturated carbocycles. The lowest BCUT2D eigenvalue weighted by Gasteiger charge is -2.21. The molecule has 0 aliphatic heterocycles. The smallest absolute Gasteiger partial charge is 0.325 e. The fraction of sp³-hybridized carbons (Fsp3) is 0.571. The molecule has 1 aliphatic rings. The van der Waals surface area contributed by atoms with Crippen molar-refractivity contribution < 1.29 is 33.3 Å². The van der Waals surface area contributed by atoms with E-state index in [0.717, 1.165) is 19.3 Å². The number of rotatable bonds is 12. The maximum Gasteiger partial charge on any atom is 0.325 e. The molecule has 0 saturated heterocycles. The largest absolute Gasteiger partial charge is 0.493 e. The molecule has 2 amide bonds. The lowest BCUT2D eigenvalue weighted by molar-refractivity contribution is -0.151. The van der Waals surface area contributed by atoms with Crippen LogP contribution in [0, 0.1) is 5.92 Å². The molecule has 0 spiro atoms. The average Bonchev–Trinajstić information content (AvgIpc) is 3.58. The Morgan fingerprint density at radius 2 is 1.70 bits per heavy atom. The summed E-state index contributed by atoms with van der Waals surface area (Å²) in [6, 6.07) is 2.96. The van der Waals surface area contributed by atoms with E-state index < -0.39 is 11.9 Å². The number of ether oxygens (including phenoxy) is 4. The molecule has 1 aromatic rings. The minimum atomic E-state index is -0.688. The summed E-state index contributed by atoms with van der Waals surface area (Å²) in [5.74, 6) is 0.147. The molecule has 0 heterocycles. The number of methoxy groups -OCH3 is 3. The fourth-order valence-electron chi connectivity index (χ4n) is 2.95. The normalized spacial score (nSPS) is 12.7. The number of amides is 2. The first kappa shape index (κ1) is 23.3. The Labute approximate surface area is 176 Å². The first-order chi connectivity index (χ1) is 14.4. The lowest BCUT2D eigenvalue weighted by Crippen LogP contribution is -2.38. The summed E-state index contributed by atoms with van der Waals surface area (Å²) >= 11 is 0. The van der Waals surface area contributed by atoms with Gasteiger partial charge in [0.2, 0.25) is 5.75 Å². The Morgan fingerprint density at radius 3 is 2.20 bits per heavy atom. The summed E-state index contributed by atoms with van der Waals surface area (Å²) in [6.45, 7) is 2.66. The molecule has 0 unspecified atom stereocenters. The molecule has 9 heteroatoms. The van der Waals surface area contributed by atoms with Crippen LogP contribution in [0.25, 0.3) is 0 Å². The van der Waals surface area contributed by atoms with E-state index in [1.807, 2.05) is 6.92 Å². The monoisotopic (exact) mass is 422 g/mol. The highest BCUT2D eigenvalue weighted by molar-refractivity contribution is 5.97. The standard InChI is InChI=1S/C21H30N2O7/c1-5-8-23(12-14-6-7-14)18(24)13-30-19(25)11-22-21(26)15-9-16(27-2)20(29-4)17(10-15)28-3/h9-10,14H,5-8,11-13H2,1-4H3,(H,22,26). The Bertz CT molecular complexity index is 737. The fourth-order valence-corrected chi connectivity index (χ4v) is 2.95. The number of hydrogen-bond acceptors (Lipinski definition) is 7. The van der Waals surface area contributed by atoms with E-state index in [1.54, 1.807) is 4.90 Å². The molecule has 1 fully saturated rings. The molecule has 0 aromatic heterocycles. The highest BCUT2D eigenvalue weighted by Crippen LogP contribution is 2.38. The van der Waals surface area contributed by atoms with Crippen LogP contribution in [-0.4, -0.2) is 70.3 Å². The van der Waals surface area contributed by atoms with Crippen molar-refractivity contribution in [2.24, 2.45) is 5.92 Å². The summed E-state index contributed by atoms with van der Waals surface area (Å²) < 4.78 is 20.7. The van der Waals surface area contributed by atoms with Gasteiger partial charge in [-0.25, -0.2) is 0 Å². The number of carbonyl (C=O) groups excluding carboxylic acids is 3. The zero-order valence-electron chi connectivity index (χ0n) is 18.0. The zero-order chi connectivity index (χ0) is 22.1. The van der Waals surface area contributed by atoms with Crippen LogP contribution in [0.2, 0.25) is 0 Å². The van der Waals surface area contributed by atoms with Crippen LogP contribution in [0.3, 0.4) is 0 Å². The van der Waals surface area contributed by atoms with Gasteiger partial charge in [-0.15, -0.1) is 0 Å². The van der Waals surface area contributed by atoms with Crippen LogP contribution in [0.5, 0.6) is 17.2 Å². The van der Waals surface area contributed by atoms with Crippen molar-refractivity contribution >= 4 is 17.8 Å². The third-order valence-electron chi connectivity index (χ3n) is 4.70. The van der Waals surface area contributed by atoms with Crippen molar-refractivity contribution in [2.75, 3.05) is 47.6 Å². The van der Waals surface area contributed by atoms with E-state index >= 15 is 0 Å². The van der Waals surface area contributed by atoms with Gasteiger partial charge in [-0.3, -0.25) is 14.4 Å². The molecular formula is C21H30N2O7. The summed E-state index contributed by atoms with van der Waals surface area (Å²) in [4.78, 5) is 38.4. The number of hydrogen-bond donors (Lipinski definition) is 1. The number of nitrogens with zero attached hydrogens (tertiary/aromatic N) is 1. The second kappa shape index (κ2) is 11.3. The average molecular weight is 422 g/mol. The minimum Gasteiger partial charge on any atom is -0.493 e. The molecule has 1 N–H and O–H groups in total. The third kappa shape index (κ3) is 6.53. The van der Waals surface area contributed by atoms with Gasteiger partial charge in [0, 0.05) is 18.7 Å². The molecule has 30 heavy (non-hydrogen) atoms. The van der Waals surface area contributed by atoms with Gasteiger partial charge in [-0.2, -0.15) is 0 Å². The Kier molecular flexibility index (Phi) is 8.76. The molecule has 0 bridgehead atoms. The van der Waals surface area contributed by atoms with Crippen molar-refractivity contribution in [3.63, 3.8) is 0 Å². The van der Waals surface area contributed by atoms with Gasteiger partial charge in [0.25, 0.3) is 11.8 Å². The summed E-state index contributed by atoms with van der Waals surface area (Å²) in [6.07, 6.45) is 3.12. The summed E-state index contributed by atoms with van der Waals surface area (Å²) in [5.41, 5.74) is 0.229. The Morgan fingerprint density at radius 1 is 1.07 bits per heavy atom. The zero-order valence-corrected chi connectivity index (χ0v) is 18.0. The van der Waals surface area contributed by atoms with E-state index in [9.17, 15) is 14.4 Å². The van der Waals surface area contributed by atoms with E-state index in [0.29, 0.717) is 36.3 Å². The number of esters is 1. The molecule has 9 nitrogen and oxygen atoms in total. The van der Waals surface area contributed by atoms with Gasteiger partial charge in [-0.1, -0.05) is 6.92 Å². The highest BCUT2D eigenvalue weighted by atomic mass is 16.5. The number of nitrogens with one attached hydrogen (secondary N) is 1. The third-order valence-corrected chi connectivity index (χ3v) is 4.70. The molecule has 0 atom stereocenters. The second-order valence-electron chi connectivity index (χ2n) is 7.04. The summed E-state index contributed by atoms with van der Waals surface area (Å²) in [5, 5.41) is 2.47.